The van der Waals surface area contributed by atoms with E-state index < -0.39 is 18.0 Å². The molecule has 3 aliphatic heterocycles. The van der Waals surface area contributed by atoms with Gasteiger partial charge in [0.25, 0.3) is 0 Å². The number of aliphatic hydroxyl groups excluding tert-OH is 1. The topological polar surface area (TPSA) is 126 Å². The lowest BCUT2D eigenvalue weighted by Crippen LogP contribution is -2.60. The Morgan fingerprint density at radius 3 is 2.20 bits per heavy atom. The number of ether oxygens (including phenoxy) is 3. The predicted molar refractivity (Wildman–Crippen MR) is 180 cm³/mol. The van der Waals surface area contributed by atoms with Crippen LogP contribution in [0, 0.1) is 62.6 Å². The van der Waals surface area contributed by atoms with Gasteiger partial charge in [0.2, 0.25) is 0 Å². The van der Waals surface area contributed by atoms with Gasteiger partial charge in [0.05, 0.1) is 24.2 Å². The number of aliphatic carboxylic acids is 1. The van der Waals surface area contributed by atoms with Crippen LogP contribution >= 0.6 is 0 Å². The summed E-state index contributed by atoms with van der Waals surface area (Å²) in [5.74, 6) is 0.198. The Morgan fingerprint density at radius 2 is 1.57 bits per heavy atom. The van der Waals surface area contributed by atoms with Crippen LogP contribution in [0.2, 0.25) is 0 Å². The number of rotatable bonds is 5. The highest BCUT2D eigenvalue weighted by molar-refractivity contribution is 5.76. The van der Waals surface area contributed by atoms with Crippen molar-refractivity contribution in [2.75, 3.05) is 26.2 Å². The number of carboxylic acid groups (broad SMARTS) is 1. The van der Waals surface area contributed by atoms with Crippen LogP contribution in [0.5, 0.6) is 0 Å². The first kappa shape index (κ1) is 34.0. The zero-order chi connectivity index (χ0) is 35.1. The van der Waals surface area contributed by atoms with Gasteiger partial charge in [-0.25, -0.2) is 9.59 Å². The minimum Gasteiger partial charge on any atom is -0.481 e. The molecule has 13 atom stereocenters. The summed E-state index contributed by atoms with van der Waals surface area (Å²) < 4.78 is 19.3. The molecule has 0 radical (unpaired) electrons. The van der Waals surface area contributed by atoms with Crippen LogP contribution in [0.4, 0.5) is 9.59 Å². The van der Waals surface area contributed by atoms with Crippen LogP contribution < -0.4 is 0 Å². The van der Waals surface area contributed by atoms with Crippen molar-refractivity contribution in [3.8, 4) is 0 Å². The van der Waals surface area contributed by atoms with Crippen LogP contribution in [0.1, 0.15) is 106 Å². The van der Waals surface area contributed by atoms with Crippen molar-refractivity contribution in [1.82, 2.24) is 9.80 Å². The molecule has 5 aliphatic carbocycles. The number of aliphatic hydroxyl groups is 1. The minimum atomic E-state index is -0.854. The lowest BCUT2D eigenvalue weighted by Gasteiger charge is -2.63. The summed E-state index contributed by atoms with van der Waals surface area (Å²) in [6.07, 6.45) is 7.09. The van der Waals surface area contributed by atoms with E-state index in [4.69, 9.17) is 14.2 Å². The molecule has 10 nitrogen and oxygen atoms in total. The van der Waals surface area contributed by atoms with Gasteiger partial charge in [-0.3, -0.25) is 4.79 Å². The Morgan fingerprint density at radius 1 is 0.898 bits per heavy atom. The molecule has 0 bridgehead atoms. The predicted octanol–water partition coefficient (Wildman–Crippen LogP) is 6.19. The van der Waals surface area contributed by atoms with E-state index in [1.54, 1.807) is 4.90 Å². The van der Waals surface area contributed by atoms with Crippen LogP contribution in [0.3, 0.4) is 0 Å². The van der Waals surface area contributed by atoms with Gasteiger partial charge in [-0.05, 0) is 104 Å². The van der Waals surface area contributed by atoms with Crippen molar-refractivity contribution in [1.29, 1.82) is 0 Å². The molecule has 2 amide bonds. The monoisotopic (exact) mass is 684 g/mol. The average molecular weight is 685 g/mol. The van der Waals surface area contributed by atoms with Gasteiger partial charge in [-0.15, -0.1) is 0 Å². The lowest BCUT2D eigenvalue weighted by molar-refractivity contribution is -0.186. The van der Waals surface area contributed by atoms with Crippen molar-refractivity contribution in [2.24, 2.45) is 62.6 Å². The number of carbonyl (C=O) groups is 3. The Bertz CT molecular complexity index is 1390. The normalized spacial score (nSPS) is 48.4. The number of amides is 2. The average Bonchev–Trinajstić information content (AvgIpc) is 3.60. The van der Waals surface area contributed by atoms with Gasteiger partial charge < -0.3 is 34.2 Å². The largest absolute Gasteiger partial charge is 0.481 e. The van der Waals surface area contributed by atoms with Gasteiger partial charge in [0.1, 0.15) is 12.2 Å². The van der Waals surface area contributed by atoms with Crippen molar-refractivity contribution in [3.05, 3.63) is 0 Å². The third kappa shape index (κ3) is 4.40. The summed E-state index contributed by atoms with van der Waals surface area (Å²) in [5.41, 5.74) is -0.136. The molecule has 2 spiro atoms. The number of carbonyl (C=O) groups excluding carboxylic acids is 2. The highest BCUT2D eigenvalue weighted by atomic mass is 16.6. The molecule has 5 saturated carbocycles. The molecule has 0 aromatic rings. The maximum atomic E-state index is 13.1. The molecule has 3 heterocycles. The molecular formula is C39H60N2O8. The smallest absolute Gasteiger partial charge is 0.410 e. The number of fused-ring (bicyclic) bond motifs is 4. The fraction of sp³-hybridized carbons (Fsp3) is 0.923. The highest BCUT2D eigenvalue weighted by Gasteiger charge is 2.84. The molecule has 2 N–H and O–H groups in total. The second kappa shape index (κ2) is 11.0. The maximum Gasteiger partial charge on any atom is 0.410 e. The van der Waals surface area contributed by atoms with Gasteiger partial charge in [-0.2, -0.15) is 0 Å². The fourth-order valence-corrected chi connectivity index (χ4v) is 14.0. The Balaban J connectivity index is 1.01. The van der Waals surface area contributed by atoms with E-state index in [1.807, 2.05) is 0 Å². The molecule has 8 rings (SSSR count). The quantitative estimate of drug-likeness (QED) is 0.351. The van der Waals surface area contributed by atoms with E-state index in [0.29, 0.717) is 17.8 Å². The molecule has 4 unspecified atom stereocenters. The minimum absolute atomic E-state index is 0.0527. The molecule has 0 aromatic heterocycles. The van der Waals surface area contributed by atoms with Crippen molar-refractivity contribution in [2.45, 2.75) is 137 Å². The molecule has 10 heteroatoms. The maximum absolute atomic E-state index is 13.1. The molecular weight excluding hydrogens is 624 g/mol. The molecule has 0 aromatic carbocycles. The Labute approximate surface area is 291 Å². The van der Waals surface area contributed by atoms with E-state index in [9.17, 15) is 24.6 Å². The highest BCUT2D eigenvalue weighted by Crippen LogP contribution is 2.89. The zero-order valence-electron chi connectivity index (χ0n) is 30.8. The van der Waals surface area contributed by atoms with Crippen molar-refractivity contribution >= 4 is 18.2 Å². The molecule has 3 saturated heterocycles. The lowest BCUT2D eigenvalue weighted by atomic mass is 9.41. The fourth-order valence-electron chi connectivity index (χ4n) is 14.0. The van der Waals surface area contributed by atoms with Gasteiger partial charge >= 0.3 is 18.2 Å². The standard InChI is InChI=1S/C39H60N2O8/c1-21(2)29(49-33(45)40-15-8-16-40)24-17-22(3)28-30(47-24)31(42)37(7)26-10-9-25-35(4,5)27(48-34(46)41-18-23(19-41)32(43)44)11-12-38(25)20-39(26,38)14-13-36(28,37)6/h21-31,42H,8-20H2,1-7H3,(H,43,44)/t22-,24?,25+,26?,27+,28+,29-,30?,31+,36-,37-,38-,39?/m1/s1. The van der Waals surface area contributed by atoms with E-state index in [-0.39, 0.29) is 88.6 Å². The first-order valence-corrected chi connectivity index (χ1v) is 19.5. The van der Waals surface area contributed by atoms with E-state index >= 15 is 0 Å². The Hall–Kier alpha value is -2.07. The van der Waals surface area contributed by atoms with Crippen molar-refractivity contribution in [3.63, 3.8) is 0 Å². The number of hydrogen-bond donors (Lipinski definition) is 2. The summed E-state index contributed by atoms with van der Waals surface area (Å²) in [4.78, 5) is 40.6. The first-order chi connectivity index (χ1) is 23.0. The number of carboxylic acids is 1. The number of nitrogens with zero attached hydrogens (tertiary/aromatic N) is 2. The number of likely N-dealkylation sites (tertiary alicyclic amines) is 2. The zero-order valence-corrected chi connectivity index (χ0v) is 30.8. The summed E-state index contributed by atoms with van der Waals surface area (Å²) >= 11 is 0. The summed E-state index contributed by atoms with van der Waals surface area (Å²) in [5, 5.41) is 21.9. The van der Waals surface area contributed by atoms with Crippen LogP contribution in [-0.2, 0) is 19.0 Å². The molecule has 8 aliphatic rings. The number of hydrogen-bond acceptors (Lipinski definition) is 7. The Kier molecular flexibility index (Phi) is 7.62. The van der Waals surface area contributed by atoms with E-state index in [2.05, 4.69) is 48.5 Å². The van der Waals surface area contributed by atoms with Gasteiger partial charge in [0.15, 0.2) is 0 Å². The van der Waals surface area contributed by atoms with Gasteiger partial charge in [-0.1, -0.05) is 48.5 Å². The second-order valence-electron chi connectivity index (χ2n) is 19.3. The summed E-state index contributed by atoms with van der Waals surface area (Å²) in [7, 11) is 0. The molecule has 274 valence electrons. The van der Waals surface area contributed by atoms with Crippen LogP contribution in [0.25, 0.3) is 0 Å². The first-order valence-electron chi connectivity index (χ1n) is 19.5. The molecule has 49 heavy (non-hydrogen) atoms. The third-order valence-corrected chi connectivity index (χ3v) is 16.9. The van der Waals surface area contributed by atoms with Gasteiger partial charge in [0, 0.05) is 37.0 Å². The van der Waals surface area contributed by atoms with E-state index in [1.165, 1.54) is 17.7 Å². The second-order valence-corrected chi connectivity index (χ2v) is 19.3. The summed E-state index contributed by atoms with van der Waals surface area (Å²) in [6.45, 7) is 18.0. The van der Waals surface area contributed by atoms with Crippen molar-refractivity contribution < 1.29 is 38.8 Å². The SMILES string of the molecule is CC(C)[C@@H](OC(=O)N1CCC1)C1C[C@@H](C)[C@H]2C(O1)[C@H](O)[C@@]1(C)C3CC[C@H]4C(C)(C)[C@@H](OC(=O)N5CC(C(=O)O)C5)CC[C@@]45CC35CC[C@]21C. The van der Waals surface area contributed by atoms with Crippen LogP contribution in [0.15, 0.2) is 0 Å². The summed E-state index contributed by atoms with van der Waals surface area (Å²) in [6, 6.07) is 0. The third-order valence-electron chi connectivity index (χ3n) is 16.9. The van der Waals surface area contributed by atoms with Crippen LogP contribution in [-0.4, -0.2) is 94.9 Å². The van der Waals surface area contributed by atoms with E-state index in [0.717, 1.165) is 58.0 Å². The molecule has 8 fully saturated rings.